The summed E-state index contributed by atoms with van der Waals surface area (Å²) in [5.74, 6) is 0.251. The molecule has 2 atom stereocenters. The summed E-state index contributed by atoms with van der Waals surface area (Å²) in [6.07, 6.45) is 3.20. The standard InChI is InChI=1S/C18H20BrNO3/c1-12-4-5-17(16(19)10-12)23-14(3)18(21)22-13(2)11-15-6-8-20-9-7-15/h4-10,13-14H,11H2,1-3H3/t13-,14-/m0/s1. The highest BCUT2D eigenvalue weighted by molar-refractivity contribution is 9.10. The lowest BCUT2D eigenvalue weighted by Gasteiger charge is -2.18. The minimum absolute atomic E-state index is 0.225. The van der Waals surface area contributed by atoms with E-state index in [0.29, 0.717) is 12.2 Å². The number of pyridine rings is 1. The van der Waals surface area contributed by atoms with Gasteiger partial charge in [-0.2, -0.15) is 0 Å². The number of hydrogen-bond acceptors (Lipinski definition) is 4. The van der Waals surface area contributed by atoms with Crippen LogP contribution in [-0.4, -0.2) is 23.2 Å². The lowest BCUT2D eigenvalue weighted by Crippen LogP contribution is -2.30. The van der Waals surface area contributed by atoms with Crippen LogP contribution in [0.15, 0.2) is 47.2 Å². The van der Waals surface area contributed by atoms with Crippen LogP contribution in [0.3, 0.4) is 0 Å². The third kappa shape index (κ3) is 5.36. The first-order valence-electron chi connectivity index (χ1n) is 7.48. The molecule has 0 bridgehead atoms. The van der Waals surface area contributed by atoms with Crippen LogP contribution in [0.5, 0.6) is 5.75 Å². The smallest absolute Gasteiger partial charge is 0.347 e. The zero-order valence-corrected chi connectivity index (χ0v) is 15.0. The summed E-state index contributed by atoms with van der Waals surface area (Å²) in [5, 5.41) is 0. The number of aromatic nitrogens is 1. The van der Waals surface area contributed by atoms with E-state index in [1.807, 2.05) is 44.2 Å². The largest absolute Gasteiger partial charge is 0.478 e. The molecule has 1 heterocycles. The molecule has 1 aromatic carbocycles. The van der Waals surface area contributed by atoms with Crippen LogP contribution in [0, 0.1) is 6.92 Å². The first kappa shape index (κ1) is 17.5. The molecule has 0 saturated carbocycles. The fourth-order valence-electron chi connectivity index (χ4n) is 2.13. The third-order valence-corrected chi connectivity index (χ3v) is 3.93. The molecule has 5 heteroatoms. The highest BCUT2D eigenvalue weighted by atomic mass is 79.9. The molecule has 2 aromatic rings. The molecule has 23 heavy (non-hydrogen) atoms. The zero-order valence-electron chi connectivity index (χ0n) is 13.5. The van der Waals surface area contributed by atoms with Gasteiger partial charge in [0, 0.05) is 18.8 Å². The minimum atomic E-state index is -0.672. The lowest BCUT2D eigenvalue weighted by atomic mass is 10.1. The van der Waals surface area contributed by atoms with Gasteiger partial charge >= 0.3 is 5.97 Å². The number of rotatable bonds is 6. The van der Waals surface area contributed by atoms with E-state index in [4.69, 9.17) is 9.47 Å². The molecule has 0 spiro atoms. The number of carbonyl (C=O) groups is 1. The predicted octanol–water partition coefficient (Wildman–Crippen LogP) is 4.09. The molecule has 0 N–H and O–H groups in total. The lowest BCUT2D eigenvalue weighted by molar-refractivity contribution is -0.155. The van der Waals surface area contributed by atoms with Crippen molar-refractivity contribution in [2.24, 2.45) is 0 Å². The van der Waals surface area contributed by atoms with E-state index in [2.05, 4.69) is 20.9 Å². The van der Waals surface area contributed by atoms with Crippen LogP contribution in [0.25, 0.3) is 0 Å². The number of ether oxygens (including phenoxy) is 2. The number of aryl methyl sites for hydroxylation is 1. The average Bonchev–Trinajstić information content (AvgIpc) is 2.50. The van der Waals surface area contributed by atoms with E-state index >= 15 is 0 Å². The Bertz CT molecular complexity index is 661. The predicted molar refractivity (Wildman–Crippen MR) is 92.5 cm³/mol. The first-order valence-corrected chi connectivity index (χ1v) is 8.27. The van der Waals surface area contributed by atoms with Gasteiger partial charge in [0.2, 0.25) is 0 Å². The average molecular weight is 378 g/mol. The monoisotopic (exact) mass is 377 g/mol. The topological polar surface area (TPSA) is 48.4 Å². The normalized spacial score (nSPS) is 13.2. The highest BCUT2D eigenvalue weighted by Crippen LogP contribution is 2.26. The number of hydrogen-bond donors (Lipinski definition) is 0. The Labute approximate surface area is 145 Å². The number of halogens is 1. The molecule has 122 valence electrons. The Morgan fingerprint density at radius 3 is 2.57 bits per heavy atom. The van der Waals surface area contributed by atoms with Crippen molar-refractivity contribution in [3.63, 3.8) is 0 Å². The van der Waals surface area contributed by atoms with Crippen molar-refractivity contribution in [2.75, 3.05) is 0 Å². The maximum atomic E-state index is 12.2. The molecule has 0 aliphatic rings. The summed E-state index contributed by atoms with van der Waals surface area (Å²) in [6.45, 7) is 5.55. The highest BCUT2D eigenvalue weighted by Gasteiger charge is 2.20. The molecule has 2 rings (SSSR count). The Kier molecular flexibility index (Phi) is 6.16. The van der Waals surface area contributed by atoms with Crippen molar-refractivity contribution >= 4 is 21.9 Å². The van der Waals surface area contributed by atoms with Crippen molar-refractivity contribution in [2.45, 2.75) is 39.4 Å². The quantitative estimate of drug-likeness (QED) is 0.711. The van der Waals surface area contributed by atoms with Gasteiger partial charge in [0.25, 0.3) is 0 Å². The number of benzene rings is 1. The molecule has 0 aliphatic heterocycles. The van der Waals surface area contributed by atoms with Gasteiger partial charge in [-0.05, 0) is 72.1 Å². The minimum Gasteiger partial charge on any atom is -0.478 e. The molecule has 4 nitrogen and oxygen atoms in total. The molecule has 0 fully saturated rings. The summed E-state index contributed by atoms with van der Waals surface area (Å²) in [6, 6.07) is 9.54. The molecule has 0 amide bonds. The molecular formula is C18H20BrNO3. The Morgan fingerprint density at radius 2 is 1.91 bits per heavy atom. The van der Waals surface area contributed by atoms with Crippen molar-refractivity contribution in [3.05, 3.63) is 58.3 Å². The van der Waals surface area contributed by atoms with E-state index in [0.717, 1.165) is 15.6 Å². The van der Waals surface area contributed by atoms with E-state index in [1.54, 1.807) is 19.3 Å². The number of nitrogens with zero attached hydrogens (tertiary/aromatic N) is 1. The van der Waals surface area contributed by atoms with Gasteiger partial charge in [-0.15, -0.1) is 0 Å². The van der Waals surface area contributed by atoms with Crippen LogP contribution >= 0.6 is 15.9 Å². The molecule has 1 aromatic heterocycles. The summed E-state index contributed by atoms with van der Waals surface area (Å²) in [7, 11) is 0. The van der Waals surface area contributed by atoms with Gasteiger partial charge in [-0.3, -0.25) is 4.98 Å². The van der Waals surface area contributed by atoms with Gasteiger partial charge in [-0.25, -0.2) is 4.79 Å². The van der Waals surface area contributed by atoms with Crippen LogP contribution in [0.4, 0.5) is 0 Å². The second kappa shape index (κ2) is 8.11. The van der Waals surface area contributed by atoms with Crippen molar-refractivity contribution in [1.29, 1.82) is 0 Å². The molecule has 0 aliphatic carbocycles. The van der Waals surface area contributed by atoms with Gasteiger partial charge in [0.1, 0.15) is 11.9 Å². The molecule has 0 radical (unpaired) electrons. The second-order valence-electron chi connectivity index (χ2n) is 5.50. The molecular weight excluding hydrogens is 358 g/mol. The first-order chi connectivity index (χ1) is 11.0. The SMILES string of the molecule is Cc1ccc(O[C@@H](C)C(=O)O[C@@H](C)Cc2ccncc2)c(Br)c1. The fourth-order valence-corrected chi connectivity index (χ4v) is 2.71. The second-order valence-corrected chi connectivity index (χ2v) is 6.36. The zero-order chi connectivity index (χ0) is 16.8. The summed E-state index contributed by atoms with van der Waals surface area (Å²) in [5.41, 5.74) is 2.19. The Balaban J connectivity index is 1.89. The van der Waals surface area contributed by atoms with E-state index in [1.165, 1.54) is 0 Å². The fraction of sp³-hybridized carbons (Fsp3) is 0.333. The van der Waals surface area contributed by atoms with Crippen LogP contribution in [-0.2, 0) is 16.0 Å². The maximum Gasteiger partial charge on any atom is 0.347 e. The van der Waals surface area contributed by atoms with E-state index in [9.17, 15) is 4.79 Å². The van der Waals surface area contributed by atoms with E-state index in [-0.39, 0.29) is 12.1 Å². The summed E-state index contributed by atoms with van der Waals surface area (Å²) < 4.78 is 12.0. The number of carbonyl (C=O) groups excluding carboxylic acids is 1. The molecule has 0 saturated heterocycles. The summed E-state index contributed by atoms with van der Waals surface area (Å²) in [4.78, 5) is 16.1. The van der Waals surface area contributed by atoms with Gasteiger partial charge < -0.3 is 9.47 Å². The van der Waals surface area contributed by atoms with Crippen LogP contribution in [0.2, 0.25) is 0 Å². The van der Waals surface area contributed by atoms with Crippen molar-refractivity contribution in [1.82, 2.24) is 4.98 Å². The van der Waals surface area contributed by atoms with Crippen molar-refractivity contribution in [3.8, 4) is 5.75 Å². The maximum absolute atomic E-state index is 12.2. The van der Waals surface area contributed by atoms with Crippen LogP contribution in [0.1, 0.15) is 25.0 Å². The van der Waals surface area contributed by atoms with Crippen LogP contribution < -0.4 is 4.74 Å². The van der Waals surface area contributed by atoms with Gasteiger partial charge in [-0.1, -0.05) is 6.07 Å². The van der Waals surface area contributed by atoms with E-state index < -0.39 is 6.10 Å². The van der Waals surface area contributed by atoms with Crippen molar-refractivity contribution < 1.29 is 14.3 Å². The third-order valence-electron chi connectivity index (χ3n) is 3.31. The molecule has 0 unspecified atom stereocenters. The summed E-state index contributed by atoms with van der Waals surface area (Å²) >= 11 is 3.44. The van der Waals surface area contributed by atoms with Gasteiger partial charge in [0.15, 0.2) is 6.10 Å². The van der Waals surface area contributed by atoms with Gasteiger partial charge in [0.05, 0.1) is 4.47 Å². The Morgan fingerprint density at radius 1 is 1.22 bits per heavy atom. The number of esters is 1. The Hall–Kier alpha value is -1.88.